The number of hydrogen-bond acceptors (Lipinski definition) is 1. The van der Waals surface area contributed by atoms with Crippen molar-refractivity contribution in [3.8, 4) is 0 Å². The Morgan fingerprint density at radius 2 is 2.08 bits per heavy atom. The predicted molar refractivity (Wildman–Crippen MR) is 53.4 cm³/mol. The molecule has 1 aromatic rings. The highest BCUT2D eigenvalue weighted by Gasteiger charge is 1.99. The molecule has 0 heterocycles. The number of hydrogen-bond donors (Lipinski definition) is 1. The van der Waals surface area contributed by atoms with Crippen LogP contribution in [0.5, 0.6) is 0 Å². The molecule has 0 fully saturated rings. The molecule has 0 saturated heterocycles. The van der Waals surface area contributed by atoms with Gasteiger partial charge in [0.2, 0.25) is 0 Å². The molecule has 0 radical (unpaired) electrons. The smallest absolute Gasteiger partial charge is 0.0841 e. The summed E-state index contributed by atoms with van der Waals surface area (Å²) in [4.78, 5) is 0. The Bertz CT molecular complexity index is 245. The van der Waals surface area contributed by atoms with Crippen molar-refractivity contribution in [2.24, 2.45) is 5.73 Å². The molecule has 12 heavy (non-hydrogen) atoms. The van der Waals surface area contributed by atoms with Crippen molar-refractivity contribution >= 4 is 11.6 Å². The SMILES string of the molecule is CCc1cccc(CC(N)Cl)c1. The molecule has 1 unspecified atom stereocenters. The maximum absolute atomic E-state index is 5.69. The summed E-state index contributed by atoms with van der Waals surface area (Å²) in [5.41, 5.74) is 7.77. The van der Waals surface area contributed by atoms with Gasteiger partial charge in [-0.25, -0.2) is 0 Å². The van der Waals surface area contributed by atoms with Crippen molar-refractivity contribution in [2.45, 2.75) is 25.3 Å². The summed E-state index contributed by atoms with van der Waals surface area (Å²) in [6.07, 6.45) is 1.81. The molecule has 1 nitrogen and oxygen atoms in total. The second kappa shape index (κ2) is 4.48. The second-order valence-electron chi connectivity index (χ2n) is 2.89. The van der Waals surface area contributed by atoms with Gasteiger partial charge in [-0.3, -0.25) is 0 Å². The predicted octanol–water partition coefficient (Wildman–Crippen LogP) is 2.32. The molecule has 0 aliphatic carbocycles. The van der Waals surface area contributed by atoms with Gasteiger partial charge in [-0.1, -0.05) is 31.2 Å². The summed E-state index contributed by atoms with van der Waals surface area (Å²) in [6.45, 7) is 2.14. The lowest BCUT2D eigenvalue weighted by molar-refractivity contribution is 0.887. The molecular weight excluding hydrogens is 170 g/mol. The summed E-state index contributed by atoms with van der Waals surface area (Å²) in [5.74, 6) is 0. The van der Waals surface area contributed by atoms with E-state index in [9.17, 15) is 0 Å². The van der Waals surface area contributed by atoms with E-state index < -0.39 is 0 Å². The van der Waals surface area contributed by atoms with Crippen LogP contribution in [-0.2, 0) is 12.8 Å². The molecule has 0 aliphatic rings. The third kappa shape index (κ3) is 2.84. The van der Waals surface area contributed by atoms with Crippen molar-refractivity contribution < 1.29 is 0 Å². The van der Waals surface area contributed by atoms with Gasteiger partial charge in [0.1, 0.15) is 0 Å². The molecule has 0 amide bonds. The Labute approximate surface area is 78.5 Å². The van der Waals surface area contributed by atoms with E-state index in [-0.39, 0.29) is 5.50 Å². The van der Waals surface area contributed by atoms with Gasteiger partial charge in [0, 0.05) is 6.42 Å². The highest BCUT2D eigenvalue weighted by Crippen LogP contribution is 2.08. The maximum Gasteiger partial charge on any atom is 0.0841 e. The van der Waals surface area contributed by atoms with Crippen LogP contribution < -0.4 is 5.73 Å². The minimum absolute atomic E-state index is 0.267. The van der Waals surface area contributed by atoms with Gasteiger partial charge < -0.3 is 5.73 Å². The van der Waals surface area contributed by atoms with Crippen molar-refractivity contribution in [1.29, 1.82) is 0 Å². The number of halogens is 1. The van der Waals surface area contributed by atoms with E-state index in [4.69, 9.17) is 17.3 Å². The summed E-state index contributed by atoms with van der Waals surface area (Å²) in [6, 6.07) is 8.38. The molecule has 66 valence electrons. The lowest BCUT2D eigenvalue weighted by Crippen LogP contribution is -2.14. The van der Waals surface area contributed by atoms with E-state index >= 15 is 0 Å². The molecule has 1 atom stereocenters. The molecule has 0 bridgehead atoms. The van der Waals surface area contributed by atoms with Crippen LogP contribution in [0.15, 0.2) is 24.3 Å². The van der Waals surface area contributed by atoms with Crippen LogP contribution in [0.4, 0.5) is 0 Å². The van der Waals surface area contributed by atoms with Crippen LogP contribution in [0.2, 0.25) is 0 Å². The van der Waals surface area contributed by atoms with Crippen molar-refractivity contribution in [1.82, 2.24) is 0 Å². The zero-order valence-electron chi connectivity index (χ0n) is 7.26. The number of benzene rings is 1. The van der Waals surface area contributed by atoms with E-state index in [1.165, 1.54) is 11.1 Å². The summed E-state index contributed by atoms with van der Waals surface area (Å²) in [5, 5.41) is 0. The Kier molecular flexibility index (Phi) is 3.57. The van der Waals surface area contributed by atoms with Gasteiger partial charge in [0.15, 0.2) is 0 Å². The molecule has 2 N–H and O–H groups in total. The Morgan fingerprint density at radius 1 is 1.42 bits per heavy atom. The molecule has 0 aromatic heterocycles. The second-order valence-corrected chi connectivity index (χ2v) is 3.45. The van der Waals surface area contributed by atoms with E-state index in [1.807, 2.05) is 6.07 Å². The minimum atomic E-state index is -0.267. The van der Waals surface area contributed by atoms with E-state index in [0.717, 1.165) is 12.8 Å². The largest absolute Gasteiger partial charge is 0.315 e. The summed E-state index contributed by atoms with van der Waals surface area (Å²) < 4.78 is 0. The molecule has 2 heteroatoms. The van der Waals surface area contributed by atoms with Crippen LogP contribution in [0, 0.1) is 0 Å². The fourth-order valence-corrected chi connectivity index (χ4v) is 1.38. The maximum atomic E-state index is 5.69. The van der Waals surface area contributed by atoms with Gasteiger partial charge in [-0.2, -0.15) is 0 Å². The molecular formula is C10H14ClN. The van der Waals surface area contributed by atoms with Gasteiger partial charge in [-0.15, -0.1) is 11.6 Å². The zero-order chi connectivity index (χ0) is 8.97. The van der Waals surface area contributed by atoms with Crippen LogP contribution in [0.1, 0.15) is 18.1 Å². The van der Waals surface area contributed by atoms with Crippen molar-refractivity contribution in [2.75, 3.05) is 0 Å². The summed E-state index contributed by atoms with van der Waals surface area (Å²) in [7, 11) is 0. The van der Waals surface area contributed by atoms with E-state index in [2.05, 4.69) is 25.1 Å². The fraction of sp³-hybridized carbons (Fsp3) is 0.400. The van der Waals surface area contributed by atoms with Gasteiger partial charge >= 0.3 is 0 Å². The highest BCUT2D eigenvalue weighted by atomic mass is 35.5. The highest BCUT2D eigenvalue weighted by molar-refractivity contribution is 6.20. The van der Waals surface area contributed by atoms with Crippen LogP contribution in [0.3, 0.4) is 0 Å². The number of aryl methyl sites for hydroxylation is 1. The van der Waals surface area contributed by atoms with Crippen molar-refractivity contribution in [3.05, 3.63) is 35.4 Å². The number of alkyl halides is 1. The molecule has 0 saturated carbocycles. The van der Waals surface area contributed by atoms with Crippen LogP contribution in [-0.4, -0.2) is 5.50 Å². The van der Waals surface area contributed by atoms with E-state index in [1.54, 1.807) is 0 Å². The molecule has 0 aliphatic heterocycles. The Balaban J connectivity index is 2.72. The first-order valence-corrected chi connectivity index (χ1v) is 4.63. The standard InChI is InChI=1S/C10H14ClN/c1-2-8-4-3-5-9(6-8)7-10(11)12/h3-6,10H,2,7,12H2,1H3. The minimum Gasteiger partial charge on any atom is -0.315 e. The number of nitrogens with two attached hydrogens (primary N) is 1. The normalized spacial score (nSPS) is 12.9. The molecule has 1 aromatic carbocycles. The van der Waals surface area contributed by atoms with Crippen LogP contribution in [0.25, 0.3) is 0 Å². The molecule has 1 rings (SSSR count). The summed E-state index contributed by atoms with van der Waals surface area (Å²) >= 11 is 5.69. The Hall–Kier alpha value is -0.530. The van der Waals surface area contributed by atoms with Gasteiger partial charge in [-0.05, 0) is 17.5 Å². The van der Waals surface area contributed by atoms with E-state index in [0.29, 0.717) is 0 Å². The van der Waals surface area contributed by atoms with Gasteiger partial charge in [0.05, 0.1) is 5.50 Å². The Morgan fingerprint density at radius 3 is 2.67 bits per heavy atom. The monoisotopic (exact) mass is 183 g/mol. The average molecular weight is 184 g/mol. The lowest BCUT2D eigenvalue weighted by atomic mass is 10.1. The lowest BCUT2D eigenvalue weighted by Gasteiger charge is -2.04. The number of rotatable bonds is 3. The third-order valence-electron chi connectivity index (χ3n) is 1.83. The molecule has 0 spiro atoms. The average Bonchev–Trinajstić information content (AvgIpc) is 2.03. The quantitative estimate of drug-likeness (QED) is 0.565. The fourth-order valence-electron chi connectivity index (χ4n) is 1.20. The first kappa shape index (κ1) is 9.56. The zero-order valence-corrected chi connectivity index (χ0v) is 8.01. The topological polar surface area (TPSA) is 26.0 Å². The van der Waals surface area contributed by atoms with Crippen LogP contribution >= 0.6 is 11.6 Å². The first-order valence-electron chi connectivity index (χ1n) is 4.20. The third-order valence-corrected chi connectivity index (χ3v) is 1.98. The van der Waals surface area contributed by atoms with Crippen molar-refractivity contribution in [3.63, 3.8) is 0 Å². The van der Waals surface area contributed by atoms with Gasteiger partial charge in [0.25, 0.3) is 0 Å². The first-order chi connectivity index (χ1) is 5.72.